The second kappa shape index (κ2) is 5.84. The van der Waals surface area contributed by atoms with Crippen molar-refractivity contribution in [2.45, 2.75) is 17.7 Å². The van der Waals surface area contributed by atoms with E-state index in [2.05, 4.69) is 10.1 Å². The van der Waals surface area contributed by atoms with Gasteiger partial charge in [-0.1, -0.05) is 5.16 Å². The number of aromatic nitrogens is 2. The zero-order valence-corrected chi connectivity index (χ0v) is 10.4. The largest absolute Gasteiger partial charge is 0.396 e. The van der Waals surface area contributed by atoms with Crippen molar-refractivity contribution in [3.05, 3.63) is 30.2 Å². The van der Waals surface area contributed by atoms with Crippen LogP contribution in [0.25, 0.3) is 11.4 Å². The van der Waals surface area contributed by atoms with Gasteiger partial charge in [-0.25, -0.2) is 0 Å². The number of aryl methyl sites for hydroxylation is 1. The summed E-state index contributed by atoms with van der Waals surface area (Å²) in [5.74, 6) is 1.17. The first-order chi connectivity index (χ1) is 8.33. The highest BCUT2D eigenvalue weighted by molar-refractivity contribution is 7.98. The van der Waals surface area contributed by atoms with E-state index in [9.17, 15) is 0 Å². The van der Waals surface area contributed by atoms with Crippen LogP contribution in [-0.2, 0) is 6.42 Å². The smallest absolute Gasteiger partial charge is 0.227 e. The molecule has 2 rings (SSSR count). The topological polar surface area (TPSA) is 59.2 Å². The summed E-state index contributed by atoms with van der Waals surface area (Å²) >= 11 is 1.70. The van der Waals surface area contributed by atoms with Gasteiger partial charge in [0, 0.05) is 23.5 Å². The normalized spacial score (nSPS) is 10.7. The van der Waals surface area contributed by atoms with Crippen LogP contribution in [0.4, 0.5) is 0 Å². The SMILES string of the molecule is CSc1ccc(-c2noc(CCCO)n2)cc1. The molecule has 1 aromatic heterocycles. The van der Waals surface area contributed by atoms with E-state index in [1.165, 1.54) is 4.90 Å². The minimum absolute atomic E-state index is 0.139. The van der Waals surface area contributed by atoms with Crippen LogP contribution in [0.3, 0.4) is 0 Å². The Bertz CT molecular complexity index is 468. The molecule has 1 N–H and O–H groups in total. The van der Waals surface area contributed by atoms with E-state index >= 15 is 0 Å². The van der Waals surface area contributed by atoms with Gasteiger partial charge in [0.1, 0.15) is 0 Å². The zero-order valence-electron chi connectivity index (χ0n) is 9.59. The van der Waals surface area contributed by atoms with Crippen LogP contribution in [0.15, 0.2) is 33.7 Å². The maximum atomic E-state index is 8.72. The van der Waals surface area contributed by atoms with Gasteiger partial charge >= 0.3 is 0 Å². The highest BCUT2D eigenvalue weighted by Gasteiger charge is 2.07. The number of thioether (sulfide) groups is 1. The van der Waals surface area contributed by atoms with Crippen molar-refractivity contribution in [1.82, 2.24) is 10.1 Å². The lowest BCUT2D eigenvalue weighted by atomic mass is 10.2. The molecule has 0 saturated heterocycles. The fraction of sp³-hybridized carbons (Fsp3) is 0.333. The molecule has 0 atom stereocenters. The van der Waals surface area contributed by atoms with Gasteiger partial charge in [0.25, 0.3) is 0 Å². The van der Waals surface area contributed by atoms with E-state index in [1.807, 2.05) is 30.5 Å². The van der Waals surface area contributed by atoms with Crippen molar-refractivity contribution < 1.29 is 9.63 Å². The molecule has 17 heavy (non-hydrogen) atoms. The van der Waals surface area contributed by atoms with Crippen LogP contribution in [0.2, 0.25) is 0 Å². The van der Waals surface area contributed by atoms with E-state index in [4.69, 9.17) is 9.63 Å². The zero-order chi connectivity index (χ0) is 12.1. The molecule has 0 saturated carbocycles. The van der Waals surface area contributed by atoms with E-state index in [0.29, 0.717) is 24.6 Å². The Balaban J connectivity index is 2.12. The Morgan fingerprint density at radius 3 is 2.71 bits per heavy atom. The Kier molecular flexibility index (Phi) is 4.17. The van der Waals surface area contributed by atoms with E-state index in [0.717, 1.165) is 5.56 Å². The van der Waals surface area contributed by atoms with Gasteiger partial charge < -0.3 is 9.63 Å². The summed E-state index contributed by atoms with van der Waals surface area (Å²) in [6, 6.07) is 8.02. The minimum atomic E-state index is 0.139. The van der Waals surface area contributed by atoms with Gasteiger partial charge in [-0.2, -0.15) is 4.98 Å². The van der Waals surface area contributed by atoms with Gasteiger partial charge in [-0.3, -0.25) is 0 Å². The quantitative estimate of drug-likeness (QED) is 0.826. The molecule has 0 amide bonds. The fourth-order valence-electron chi connectivity index (χ4n) is 1.44. The van der Waals surface area contributed by atoms with Crippen molar-refractivity contribution in [1.29, 1.82) is 0 Å². The monoisotopic (exact) mass is 250 g/mol. The molecule has 1 heterocycles. The lowest BCUT2D eigenvalue weighted by molar-refractivity contribution is 0.278. The average molecular weight is 250 g/mol. The number of aliphatic hydroxyl groups excluding tert-OH is 1. The van der Waals surface area contributed by atoms with Crippen LogP contribution in [0.5, 0.6) is 0 Å². The van der Waals surface area contributed by atoms with Gasteiger partial charge in [-0.15, -0.1) is 11.8 Å². The number of hydrogen-bond donors (Lipinski definition) is 1. The number of aliphatic hydroxyl groups is 1. The Morgan fingerprint density at radius 1 is 1.29 bits per heavy atom. The van der Waals surface area contributed by atoms with Crippen LogP contribution in [-0.4, -0.2) is 28.1 Å². The first-order valence-corrected chi connectivity index (χ1v) is 6.64. The Hall–Kier alpha value is -1.33. The van der Waals surface area contributed by atoms with Crippen molar-refractivity contribution in [3.63, 3.8) is 0 Å². The van der Waals surface area contributed by atoms with Crippen molar-refractivity contribution >= 4 is 11.8 Å². The molecule has 2 aromatic rings. The summed E-state index contributed by atoms with van der Waals surface area (Å²) in [4.78, 5) is 5.48. The summed E-state index contributed by atoms with van der Waals surface area (Å²) < 4.78 is 5.10. The maximum Gasteiger partial charge on any atom is 0.227 e. The van der Waals surface area contributed by atoms with Crippen molar-refractivity contribution in [3.8, 4) is 11.4 Å². The highest BCUT2D eigenvalue weighted by atomic mass is 32.2. The molecule has 5 heteroatoms. The van der Waals surface area contributed by atoms with Gasteiger partial charge in [0.15, 0.2) is 0 Å². The maximum absolute atomic E-state index is 8.72. The van der Waals surface area contributed by atoms with Gasteiger partial charge in [0.05, 0.1) is 0 Å². The fourth-order valence-corrected chi connectivity index (χ4v) is 1.85. The molecule has 4 nitrogen and oxygen atoms in total. The lowest BCUT2D eigenvalue weighted by Crippen LogP contribution is -1.89. The molecule has 0 aliphatic heterocycles. The van der Waals surface area contributed by atoms with Crippen LogP contribution >= 0.6 is 11.8 Å². The van der Waals surface area contributed by atoms with E-state index in [1.54, 1.807) is 11.8 Å². The molecule has 1 aromatic carbocycles. The van der Waals surface area contributed by atoms with Crippen LogP contribution in [0.1, 0.15) is 12.3 Å². The molecule has 0 radical (unpaired) electrons. The molecule has 0 bridgehead atoms. The summed E-state index contributed by atoms with van der Waals surface area (Å²) in [5.41, 5.74) is 0.946. The molecule has 0 unspecified atom stereocenters. The molecular formula is C12H14N2O2S. The summed E-state index contributed by atoms with van der Waals surface area (Å²) in [6.07, 6.45) is 3.30. The second-order valence-corrected chi connectivity index (χ2v) is 4.45. The van der Waals surface area contributed by atoms with Crippen molar-refractivity contribution in [2.24, 2.45) is 0 Å². The minimum Gasteiger partial charge on any atom is -0.396 e. The molecular weight excluding hydrogens is 236 g/mol. The third-order valence-corrected chi connectivity index (χ3v) is 3.11. The first kappa shape index (κ1) is 12.1. The molecule has 0 spiro atoms. The standard InChI is InChI=1S/C12H14N2O2S/c1-17-10-6-4-9(5-7-10)12-13-11(16-14-12)3-2-8-15/h4-7,15H,2-3,8H2,1H3. The summed E-state index contributed by atoms with van der Waals surface area (Å²) in [7, 11) is 0. The third-order valence-electron chi connectivity index (χ3n) is 2.37. The predicted octanol–water partition coefficient (Wildman–Crippen LogP) is 2.38. The first-order valence-electron chi connectivity index (χ1n) is 5.41. The molecule has 0 aliphatic rings. The molecule has 90 valence electrons. The van der Waals surface area contributed by atoms with Gasteiger partial charge in [-0.05, 0) is 36.9 Å². The number of benzene rings is 1. The molecule has 0 aliphatic carbocycles. The van der Waals surface area contributed by atoms with Crippen LogP contribution < -0.4 is 0 Å². The van der Waals surface area contributed by atoms with Crippen LogP contribution in [0, 0.1) is 0 Å². The lowest BCUT2D eigenvalue weighted by Gasteiger charge is -1.96. The van der Waals surface area contributed by atoms with Gasteiger partial charge in [0.2, 0.25) is 11.7 Å². The third kappa shape index (κ3) is 3.08. The predicted molar refractivity (Wildman–Crippen MR) is 66.9 cm³/mol. The second-order valence-electron chi connectivity index (χ2n) is 3.57. The number of nitrogens with zero attached hydrogens (tertiary/aromatic N) is 2. The van der Waals surface area contributed by atoms with E-state index in [-0.39, 0.29) is 6.61 Å². The van der Waals surface area contributed by atoms with Crippen molar-refractivity contribution in [2.75, 3.05) is 12.9 Å². The summed E-state index contributed by atoms with van der Waals surface area (Å²) in [5, 5.41) is 12.6. The Morgan fingerprint density at radius 2 is 2.06 bits per heavy atom. The highest BCUT2D eigenvalue weighted by Crippen LogP contribution is 2.20. The molecule has 0 fully saturated rings. The number of rotatable bonds is 5. The average Bonchev–Trinajstić information content (AvgIpc) is 2.85. The van der Waals surface area contributed by atoms with E-state index < -0.39 is 0 Å². The summed E-state index contributed by atoms with van der Waals surface area (Å²) in [6.45, 7) is 0.139. The number of hydrogen-bond acceptors (Lipinski definition) is 5. The Labute approximate surface area is 104 Å².